The Morgan fingerprint density at radius 1 is 1.14 bits per heavy atom. The van der Waals surface area contributed by atoms with Crippen LogP contribution in [0.1, 0.15) is 22.8 Å². The molecule has 1 atom stereocenters. The molecule has 0 unspecified atom stereocenters. The minimum atomic E-state index is -0.927. The molecule has 114 valence electrons. The fourth-order valence-electron chi connectivity index (χ4n) is 1.87. The van der Waals surface area contributed by atoms with Crippen LogP contribution in [0.4, 0.5) is 5.69 Å². The van der Waals surface area contributed by atoms with Gasteiger partial charge in [0.1, 0.15) is 0 Å². The standard InChI is InChI=1S/C17H16ClNO3/c1-11-6-5-7-13(10-11)19-16(20)12(2)22-17(21)14-8-3-4-9-15(14)18/h3-10,12H,1-2H3,(H,19,20)/t12-/m1/s1. The van der Waals surface area contributed by atoms with E-state index >= 15 is 0 Å². The highest BCUT2D eigenvalue weighted by Crippen LogP contribution is 2.17. The van der Waals surface area contributed by atoms with Crippen molar-refractivity contribution in [3.05, 3.63) is 64.7 Å². The van der Waals surface area contributed by atoms with Crippen molar-refractivity contribution in [3.8, 4) is 0 Å². The summed E-state index contributed by atoms with van der Waals surface area (Å²) in [6.45, 7) is 3.44. The Morgan fingerprint density at radius 2 is 1.86 bits per heavy atom. The molecule has 0 radical (unpaired) electrons. The highest BCUT2D eigenvalue weighted by molar-refractivity contribution is 6.33. The molecular formula is C17H16ClNO3. The number of amides is 1. The number of halogens is 1. The van der Waals surface area contributed by atoms with Gasteiger partial charge in [-0.2, -0.15) is 0 Å². The van der Waals surface area contributed by atoms with Crippen molar-refractivity contribution in [3.63, 3.8) is 0 Å². The van der Waals surface area contributed by atoms with Crippen LogP contribution in [-0.2, 0) is 9.53 Å². The number of nitrogens with one attached hydrogen (secondary N) is 1. The summed E-state index contributed by atoms with van der Waals surface area (Å²) >= 11 is 5.93. The fourth-order valence-corrected chi connectivity index (χ4v) is 2.08. The Bertz CT molecular complexity index is 700. The number of carbonyl (C=O) groups is 2. The van der Waals surface area contributed by atoms with Crippen LogP contribution in [0.5, 0.6) is 0 Å². The molecule has 1 amide bonds. The van der Waals surface area contributed by atoms with Crippen molar-refractivity contribution in [2.45, 2.75) is 20.0 Å². The molecule has 0 saturated carbocycles. The molecule has 0 aliphatic heterocycles. The number of ether oxygens (including phenoxy) is 1. The summed E-state index contributed by atoms with van der Waals surface area (Å²) in [7, 11) is 0. The lowest BCUT2D eigenvalue weighted by Gasteiger charge is -2.14. The van der Waals surface area contributed by atoms with Gasteiger partial charge in [0.2, 0.25) is 0 Å². The summed E-state index contributed by atoms with van der Waals surface area (Å²) in [5, 5.41) is 3.00. The third kappa shape index (κ3) is 4.09. The molecule has 4 nitrogen and oxygen atoms in total. The summed E-state index contributed by atoms with van der Waals surface area (Å²) in [5.74, 6) is -1.02. The number of carbonyl (C=O) groups excluding carboxylic acids is 2. The van der Waals surface area contributed by atoms with E-state index in [0.717, 1.165) is 5.56 Å². The minimum Gasteiger partial charge on any atom is -0.449 e. The van der Waals surface area contributed by atoms with E-state index in [9.17, 15) is 9.59 Å². The second-order valence-electron chi connectivity index (χ2n) is 4.89. The van der Waals surface area contributed by atoms with Crippen LogP contribution < -0.4 is 5.32 Å². The second-order valence-corrected chi connectivity index (χ2v) is 5.29. The zero-order chi connectivity index (χ0) is 16.1. The molecule has 0 spiro atoms. The van der Waals surface area contributed by atoms with Gasteiger partial charge >= 0.3 is 5.97 Å². The molecule has 5 heteroatoms. The monoisotopic (exact) mass is 317 g/mol. The lowest BCUT2D eigenvalue weighted by molar-refractivity contribution is -0.123. The van der Waals surface area contributed by atoms with Gasteiger partial charge in [0.15, 0.2) is 6.10 Å². The minimum absolute atomic E-state index is 0.236. The predicted molar refractivity (Wildman–Crippen MR) is 86.1 cm³/mol. The zero-order valence-corrected chi connectivity index (χ0v) is 13.1. The van der Waals surface area contributed by atoms with Gasteiger partial charge in [0.05, 0.1) is 10.6 Å². The van der Waals surface area contributed by atoms with Crippen LogP contribution >= 0.6 is 11.6 Å². The van der Waals surface area contributed by atoms with Crippen molar-refractivity contribution in [2.24, 2.45) is 0 Å². The Kier molecular flexibility index (Phi) is 5.17. The lowest BCUT2D eigenvalue weighted by Crippen LogP contribution is -2.30. The average Bonchev–Trinajstić information content (AvgIpc) is 2.47. The van der Waals surface area contributed by atoms with Crippen molar-refractivity contribution in [1.29, 1.82) is 0 Å². The van der Waals surface area contributed by atoms with E-state index in [2.05, 4.69) is 5.32 Å². The van der Waals surface area contributed by atoms with Crippen molar-refractivity contribution in [1.82, 2.24) is 0 Å². The molecule has 2 rings (SSSR count). The first kappa shape index (κ1) is 16.0. The molecule has 0 aliphatic rings. The predicted octanol–water partition coefficient (Wildman–Crippen LogP) is 3.83. The molecule has 0 saturated heterocycles. The van der Waals surface area contributed by atoms with Crippen molar-refractivity contribution < 1.29 is 14.3 Å². The molecule has 2 aromatic rings. The molecular weight excluding hydrogens is 302 g/mol. The van der Waals surface area contributed by atoms with Crippen molar-refractivity contribution in [2.75, 3.05) is 5.32 Å². The second kappa shape index (κ2) is 7.09. The molecule has 1 N–H and O–H groups in total. The first-order valence-electron chi connectivity index (χ1n) is 6.80. The van der Waals surface area contributed by atoms with Crippen LogP contribution in [0, 0.1) is 6.92 Å². The Labute approximate surface area is 134 Å². The van der Waals surface area contributed by atoms with Crippen LogP contribution in [-0.4, -0.2) is 18.0 Å². The fraction of sp³-hybridized carbons (Fsp3) is 0.176. The normalized spacial score (nSPS) is 11.6. The Hall–Kier alpha value is -2.33. The van der Waals surface area contributed by atoms with Gasteiger partial charge < -0.3 is 10.1 Å². The number of hydrogen-bond donors (Lipinski definition) is 1. The van der Waals surface area contributed by atoms with Crippen molar-refractivity contribution >= 4 is 29.2 Å². The summed E-state index contributed by atoms with van der Waals surface area (Å²) in [5.41, 5.74) is 1.92. The third-order valence-corrected chi connectivity index (χ3v) is 3.36. The summed E-state index contributed by atoms with van der Waals surface area (Å²) in [6.07, 6.45) is -0.927. The molecule has 22 heavy (non-hydrogen) atoms. The number of benzene rings is 2. The van der Waals surface area contributed by atoms with E-state index in [1.54, 1.807) is 30.3 Å². The average molecular weight is 318 g/mol. The molecule has 0 aromatic heterocycles. The quantitative estimate of drug-likeness (QED) is 0.872. The largest absolute Gasteiger partial charge is 0.449 e. The van der Waals surface area contributed by atoms with Gasteiger partial charge in [0, 0.05) is 5.69 Å². The zero-order valence-electron chi connectivity index (χ0n) is 12.3. The number of anilines is 1. The van der Waals surface area contributed by atoms with E-state index in [0.29, 0.717) is 10.7 Å². The number of esters is 1. The van der Waals surface area contributed by atoms with E-state index in [-0.39, 0.29) is 5.56 Å². The topological polar surface area (TPSA) is 55.4 Å². The van der Waals surface area contributed by atoms with E-state index in [4.69, 9.17) is 16.3 Å². The Morgan fingerprint density at radius 3 is 2.55 bits per heavy atom. The first-order chi connectivity index (χ1) is 10.5. The maximum atomic E-state index is 12.1. The smallest absolute Gasteiger partial charge is 0.340 e. The number of rotatable bonds is 4. The maximum Gasteiger partial charge on any atom is 0.340 e. The van der Waals surface area contributed by atoms with Gasteiger partial charge in [-0.05, 0) is 43.7 Å². The highest BCUT2D eigenvalue weighted by atomic mass is 35.5. The number of hydrogen-bond acceptors (Lipinski definition) is 3. The van der Waals surface area contributed by atoms with E-state index < -0.39 is 18.0 Å². The van der Waals surface area contributed by atoms with Crippen LogP contribution in [0.25, 0.3) is 0 Å². The van der Waals surface area contributed by atoms with Crippen LogP contribution in [0.2, 0.25) is 5.02 Å². The first-order valence-corrected chi connectivity index (χ1v) is 7.18. The van der Waals surface area contributed by atoms with Crippen LogP contribution in [0.3, 0.4) is 0 Å². The van der Waals surface area contributed by atoms with E-state index in [1.807, 2.05) is 25.1 Å². The van der Waals surface area contributed by atoms with Gasteiger partial charge in [-0.3, -0.25) is 4.79 Å². The highest BCUT2D eigenvalue weighted by Gasteiger charge is 2.20. The maximum absolute atomic E-state index is 12.1. The van der Waals surface area contributed by atoms with Crippen LogP contribution in [0.15, 0.2) is 48.5 Å². The summed E-state index contributed by atoms with van der Waals surface area (Å²) in [6, 6.07) is 13.9. The molecule has 0 bridgehead atoms. The molecule has 0 heterocycles. The Balaban J connectivity index is 1.99. The summed E-state index contributed by atoms with van der Waals surface area (Å²) < 4.78 is 5.15. The SMILES string of the molecule is Cc1cccc(NC(=O)[C@@H](C)OC(=O)c2ccccc2Cl)c1. The third-order valence-electron chi connectivity index (χ3n) is 3.03. The molecule has 0 aliphatic carbocycles. The summed E-state index contributed by atoms with van der Waals surface area (Å²) in [4.78, 5) is 24.1. The van der Waals surface area contributed by atoms with Gasteiger partial charge in [-0.1, -0.05) is 35.9 Å². The molecule has 2 aromatic carbocycles. The number of aryl methyl sites for hydroxylation is 1. The molecule has 0 fully saturated rings. The lowest BCUT2D eigenvalue weighted by atomic mass is 10.2. The van der Waals surface area contributed by atoms with Gasteiger partial charge in [-0.25, -0.2) is 4.79 Å². The van der Waals surface area contributed by atoms with Gasteiger partial charge in [-0.15, -0.1) is 0 Å². The van der Waals surface area contributed by atoms with E-state index in [1.165, 1.54) is 6.92 Å². The van der Waals surface area contributed by atoms with Gasteiger partial charge in [0.25, 0.3) is 5.91 Å².